The van der Waals surface area contributed by atoms with E-state index in [1.165, 1.54) is 23.9 Å². The number of non-ortho nitro benzene ring substituents is 1. The summed E-state index contributed by atoms with van der Waals surface area (Å²) in [6.07, 6.45) is 0. The topological polar surface area (TPSA) is 66.6 Å². The van der Waals surface area contributed by atoms with Gasteiger partial charge in [-0.3, -0.25) is 10.1 Å². The van der Waals surface area contributed by atoms with Crippen LogP contribution in [0.5, 0.6) is 0 Å². The Hall–Kier alpha value is -1.69. The zero-order valence-corrected chi connectivity index (χ0v) is 8.48. The third-order valence-corrected chi connectivity index (χ3v) is 2.81. The van der Waals surface area contributed by atoms with E-state index in [1.54, 1.807) is 22.4 Å². The lowest BCUT2D eigenvalue weighted by atomic mass is 10.2. The van der Waals surface area contributed by atoms with Crippen molar-refractivity contribution in [2.24, 2.45) is 0 Å². The van der Waals surface area contributed by atoms with Crippen LogP contribution in [0.4, 0.5) is 11.4 Å². The number of nitro benzene ring substituents is 1. The number of nitrogens with zero attached hydrogens (tertiary/aromatic N) is 2. The third-order valence-electron chi connectivity index (χ3n) is 2.02. The summed E-state index contributed by atoms with van der Waals surface area (Å²) in [5.41, 5.74) is 0.653. The SMILES string of the molecule is O=[N+]([O-])c1cccc(N2CSC=C2O)c1. The molecule has 1 aromatic rings. The average Bonchev–Trinajstić information content (AvgIpc) is 2.64. The highest BCUT2D eigenvalue weighted by Crippen LogP contribution is 2.29. The first-order valence-electron chi connectivity index (χ1n) is 4.21. The molecule has 0 atom stereocenters. The largest absolute Gasteiger partial charge is 0.494 e. The zero-order valence-electron chi connectivity index (χ0n) is 7.66. The van der Waals surface area contributed by atoms with E-state index in [0.717, 1.165) is 0 Å². The fourth-order valence-electron chi connectivity index (χ4n) is 1.30. The summed E-state index contributed by atoms with van der Waals surface area (Å²) in [7, 11) is 0. The van der Waals surface area contributed by atoms with Crippen molar-refractivity contribution in [2.75, 3.05) is 10.8 Å². The maximum atomic E-state index is 10.6. The molecule has 0 radical (unpaired) electrons. The first-order chi connectivity index (χ1) is 7.18. The van der Waals surface area contributed by atoms with Crippen molar-refractivity contribution < 1.29 is 10.0 Å². The molecule has 0 aromatic heterocycles. The molecule has 1 N–H and O–H groups in total. The van der Waals surface area contributed by atoms with Gasteiger partial charge in [0.05, 0.1) is 16.5 Å². The van der Waals surface area contributed by atoms with Crippen LogP contribution in [0, 0.1) is 10.1 Å². The molecule has 0 aliphatic carbocycles. The summed E-state index contributed by atoms with van der Waals surface area (Å²) >= 11 is 1.44. The van der Waals surface area contributed by atoms with E-state index in [-0.39, 0.29) is 11.6 Å². The second kappa shape index (κ2) is 3.82. The van der Waals surface area contributed by atoms with Gasteiger partial charge in [0.25, 0.3) is 5.69 Å². The van der Waals surface area contributed by atoms with E-state index in [9.17, 15) is 15.2 Å². The van der Waals surface area contributed by atoms with Crippen molar-refractivity contribution >= 4 is 23.1 Å². The van der Waals surface area contributed by atoms with E-state index in [2.05, 4.69) is 0 Å². The molecule has 15 heavy (non-hydrogen) atoms. The molecule has 0 saturated carbocycles. The molecule has 5 nitrogen and oxygen atoms in total. The van der Waals surface area contributed by atoms with Gasteiger partial charge in [0.2, 0.25) is 0 Å². The van der Waals surface area contributed by atoms with Gasteiger partial charge in [-0.25, -0.2) is 0 Å². The van der Waals surface area contributed by atoms with Crippen LogP contribution in [0.3, 0.4) is 0 Å². The number of benzene rings is 1. The lowest BCUT2D eigenvalue weighted by Crippen LogP contribution is -2.17. The summed E-state index contributed by atoms with van der Waals surface area (Å²) in [4.78, 5) is 11.7. The van der Waals surface area contributed by atoms with Gasteiger partial charge in [0.1, 0.15) is 0 Å². The van der Waals surface area contributed by atoms with Crippen LogP contribution >= 0.6 is 11.8 Å². The molecule has 0 unspecified atom stereocenters. The van der Waals surface area contributed by atoms with Crippen molar-refractivity contribution in [3.05, 3.63) is 45.7 Å². The number of rotatable bonds is 2. The summed E-state index contributed by atoms with van der Waals surface area (Å²) in [6, 6.07) is 6.19. The smallest absolute Gasteiger partial charge is 0.271 e. The number of aliphatic hydroxyl groups is 1. The molecular weight excluding hydrogens is 216 g/mol. The Labute approximate surface area is 90.2 Å². The van der Waals surface area contributed by atoms with E-state index >= 15 is 0 Å². The number of nitro groups is 1. The molecule has 0 fully saturated rings. The fraction of sp³-hybridized carbons (Fsp3) is 0.111. The quantitative estimate of drug-likeness (QED) is 0.617. The van der Waals surface area contributed by atoms with Crippen LogP contribution in [0.2, 0.25) is 0 Å². The molecule has 1 aliphatic rings. The maximum absolute atomic E-state index is 10.6. The molecule has 0 saturated heterocycles. The van der Waals surface area contributed by atoms with Crippen molar-refractivity contribution in [2.45, 2.75) is 0 Å². The Kier molecular flexibility index (Phi) is 2.51. The van der Waals surface area contributed by atoms with E-state index in [1.807, 2.05) is 0 Å². The lowest BCUT2D eigenvalue weighted by Gasteiger charge is -2.16. The van der Waals surface area contributed by atoms with E-state index in [0.29, 0.717) is 11.6 Å². The van der Waals surface area contributed by atoms with Gasteiger partial charge in [-0.15, -0.1) is 11.8 Å². The minimum atomic E-state index is -0.451. The van der Waals surface area contributed by atoms with Gasteiger partial charge in [-0.05, 0) is 6.07 Å². The number of anilines is 1. The van der Waals surface area contributed by atoms with Gasteiger partial charge in [-0.1, -0.05) is 6.07 Å². The summed E-state index contributed by atoms with van der Waals surface area (Å²) in [5, 5.41) is 21.6. The molecule has 0 spiro atoms. The van der Waals surface area contributed by atoms with Gasteiger partial charge in [0, 0.05) is 17.5 Å². The third kappa shape index (κ3) is 1.89. The Balaban J connectivity index is 2.33. The lowest BCUT2D eigenvalue weighted by molar-refractivity contribution is -0.384. The highest BCUT2D eigenvalue weighted by atomic mass is 32.2. The minimum Gasteiger partial charge on any atom is -0.494 e. The van der Waals surface area contributed by atoms with Crippen molar-refractivity contribution in [1.82, 2.24) is 0 Å². The Morgan fingerprint density at radius 1 is 1.53 bits per heavy atom. The van der Waals surface area contributed by atoms with Crippen LogP contribution in [0.15, 0.2) is 35.6 Å². The normalized spacial score (nSPS) is 15.2. The standard InChI is InChI=1S/C9H8N2O3S/c12-9-5-15-6-10(9)7-2-1-3-8(4-7)11(13)14/h1-5,12H,6H2. The van der Waals surface area contributed by atoms with Crippen LogP contribution in [0.25, 0.3) is 0 Å². The summed E-state index contributed by atoms with van der Waals surface area (Å²) < 4.78 is 0. The van der Waals surface area contributed by atoms with Gasteiger partial charge in [-0.2, -0.15) is 0 Å². The predicted octanol–water partition coefficient (Wildman–Crippen LogP) is 2.46. The second-order valence-electron chi connectivity index (χ2n) is 2.98. The first-order valence-corrected chi connectivity index (χ1v) is 5.26. The maximum Gasteiger partial charge on any atom is 0.271 e. The first kappa shape index (κ1) is 9.85. The van der Waals surface area contributed by atoms with E-state index in [4.69, 9.17) is 0 Å². The average molecular weight is 224 g/mol. The Morgan fingerprint density at radius 2 is 2.33 bits per heavy atom. The highest BCUT2D eigenvalue weighted by molar-refractivity contribution is 8.02. The van der Waals surface area contributed by atoms with Crippen molar-refractivity contribution in [3.63, 3.8) is 0 Å². The van der Waals surface area contributed by atoms with Crippen LogP contribution in [0.1, 0.15) is 0 Å². The van der Waals surface area contributed by atoms with Gasteiger partial charge in [0.15, 0.2) is 5.88 Å². The van der Waals surface area contributed by atoms with E-state index < -0.39 is 4.92 Å². The molecule has 1 aliphatic heterocycles. The van der Waals surface area contributed by atoms with Crippen LogP contribution in [-0.2, 0) is 0 Å². The number of thioether (sulfide) groups is 1. The van der Waals surface area contributed by atoms with Crippen LogP contribution < -0.4 is 4.90 Å². The molecular formula is C9H8N2O3S. The zero-order chi connectivity index (χ0) is 10.8. The molecule has 1 heterocycles. The molecule has 78 valence electrons. The minimum absolute atomic E-state index is 0.0252. The van der Waals surface area contributed by atoms with Crippen LogP contribution in [-0.4, -0.2) is 15.9 Å². The Morgan fingerprint density at radius 3 is 2.93 bits per heavy atom. The Bertz CT molecular complexity index is 433. The molecule has 1 aromatic carbocycles. The van der Waals surface area contributed by atoms with Gasteiger partial charge >= 0.3 is 0 Å². The highest BCUT2D eigenvalue weighted by Gasteiger charge is 2.18. The number of hydrogen-bond acceptors (Lipinski definition) is 5. The molecule has 0 amide bonds. The molecule has 6 heteroatoms. The summed E-state index contributed by atoms with van der Waals surface area (Å²) in [6.45, 7) is 0. The molecule has 2 rings (SSSR count). The molecule has 0 bridgehead atoms. The summed E-state index contributed by atoms with van der Waals surface area (Å²) in [5.74, 6) is 0.702. The van der Waals surface area contributed by atoms with Gasteiger partial charge < -0.3 is 10.0 Å². The predicted molar refractivity (Wildman–Crippen MR) is 58.7 cm³/mol. The fourth-order valence-corrected chi connectivity index (χ4v) is 2.08. The van der Waals surface area contributed by atoms with Crippen molar-refractivity contribution in [3.8, 4) is 0 Å². The second-order valence-corrected chi connectivity index (χ2v) is 3.80. The number of aliphatic hydroxyl groups excluding tert-OH is 1. The number of hydrogen-bond donors (Lipinski definition) is 1. The monoisotopic (exact) mass is 224 g/mol. The van der Waals surface area contributed by atoms with Crippen molar-refractivity contribution in [1.29, 1.82) is 0 Å².